The third kappa shape index (κ3) is 4.79. The van der Waals surface area contributed by atoms with E-state index in [0.29, 0.717) is 35.5 Å². The van der Waals surface area contributed by atoms with Crippen molar-refractivity contribution in [3.63, 3.8) is 0 Å². The van der Waals surface area contributed by atoms with E-state index in [-0.39, 0.29) is 18.2 Å². The lowest BCUT2D eigenvalue weighted by Gasteiger charge is -2.18. The highest BCUT2D eigenvalue weighted by Crippen LogP contribution is 2.20. The highest BCUT2D eigenvalue weighted by atomic mass is 16.2. The van der Waals surface area contributed by atoms with Crippen molar-refractivity contribution in [1.82, 2.24) is 18.7 Å². The number of anilines is 2. The van der Waals surface area contributed by atoms with E-state index >= 15 is 0 Å². The third-order valence-electron chi connectivity index (χ3n) is 5.11. The van der Waals surface area contributed by atoms with E-state index in [1.165, 1.54) is 17.9 Å². The number of hydrogen-bond donors (Lipinski definition) is 2. The molecule has 0 aliphatic rings. The molecule has 10 heteroatoms. The molecule has 0 bridgehead atoms. The van der Waals surface area contributed by atoms with Crippen molar-refractivity contribution in [2.75, 3.05) is 10.6 Å². The minimum absolute atomic E-state index is 0.114. The lowest BCUT2D eigenvalue weighted by molar-refractivity contribution is -0.123. The van der Waals surface area contributed by atoms with Crippen LogP contribution in [0.15, 0.2) is 40.2 Å². The summed E-state index contributed by atoms with van der Waals surface area (Å²) in [4.78, 5) is 53.2. The monoisotopic (exact) mass is 440 g/mol. The first kappa shape index (κ1) is 23.0. The second-order valence-corrected chi connectivity index (χ2v) is 8.75. The van der Waals surface area contributed by atoms with E-state index in [1.54, 1.807) is 35.9 Å². The highest BCUT2D eigenvalue weighted by Gasteiger charge is 2.21. The molecule has 0 saturated carbocycles. The summed E-state index contributed by atoms with van der Waals surface area (Å²) >= 11 is 0. The van der Waals surface area contributed by atoms with Crippen LogP contribution < -0.4 is 21.9 Å². The second kappa shape index (κ2) is 8.81. The molecule has 0 aliphatic carbocycles. The van der Waals surface area contributed by atoms with Crippen LogP contribution >= 0.6 is 0 Å². The van der Waals surface area contributed by atoms with E-state index in [1.807, 2.05) is 20.8 Å². The first-order valence-electron chi connectivity index (χ1n) is 10.3. The molecule has 1 aromatic carbocycles. The largest absolute Gasteiger partial charge is 0.332 e. The Morgan fingerprint density at radius 2 is 1.69 bits per heavy atom. The number of imidazole rings is 1. The first-order valence-corrected chi connectivity index (χ1v) is 10.3. The Labute approximate surface area is 184 Å². The summed E-state index contributed by atoms with van der Waals surface area (Å²) in [6.45, 7) is 5.88. The van der Waals surface area contributed by atoms with E-state index in [0.717, 1.165) is 4.57 Å². The van der Waals surface area contributed by atoms with Crippen molar-refractivity contribution < 1.29 is 9.59 Å². The third-order valence-corrected chi connectivity index (χ3v) is 5.11. The van der Waals surface area contributed by atoms with Crippen molar-refractivity contribution >= 4 is 34.4 Å². The van der Waals surface area contributed by atoms with Crippen molar-refractivity contribution in [3.8, 4) is 0 Å². The van der Waals surface area contributed by atoms with E-state index in [4.69, 9.17) is 0 Å². The molecule has 2 aromatic heterocycles. The van der Waals surface area contributed by atoms with Gasteiger partial charge < -0.3 is 15.2 Å². The van der Waals surface area contributed by atoms with Crippen LogP contribution in [0, 0.1) is 5.41 Å². The summed E-state index contributed by atoms with van der Waals surface area (Å²) in [6.07, 6.45) is 2.21. The molecule has 0 aliphatic heterocycles. The molecule has 0 unspecified atom stereocenters. The molecule has 3 aromatic rings. The summed E-state index contributed by atoms with van der Waals surface area (Å²) in [7, 11) is 2.99. The van der Waals surface area contributed by atoms with Gasteiger partial charge in [0.05, 0.1) is 6.33 Å². The van der Waals surface area contributed by atoms with Crippen LogP contribution in [0.4, 0.5) is 11.4 Å². The predicted molar refractivity (Wildman–Crippen MR) is 123 cm³/mol. The zero-order valence-corrected chi connectivity index (χ0v) is 18.9. The molecule has 170 valence electrons. The Bertz CT molecular complexity index is 1290. The number of nitrogens with zero attached hydrogens (tertiary/aromatic N) is 4. The fraction of sp³-hybridized carbons (Fsp3) is 0.409. The molecule has 2 amide bonds. The van der Waals surface area contributed by atoms with Crippen LogP contribution in [-0.2, 0) is 30.2 Å². The standard InChI is InChI=1S/C22H28N6O4/c1-22(2,3)20(31)25-15-9-6-8-14(12-15)24-16(29)10-7-11-28-13-23-18-17(28)19(30)27(5)21(32)26(18)4/h6,8-9,12-13H,7,10-11H2,1-5H3,(H,24,29)(H,25,31). The van der Waals surface area contributed by atoms with Crippen molar-refractivity contribution in [3.05, 3.63) is 51.4 Å². The molecule has 0 fully saturated rings. The summed E-state index contributed by atoms with van der Waals surface area (Å²) < 4.78 is 4.02. The summed E-state index contributed by atoms with van der Waals surface area (Å²) in [5.41, 5.74) is 0.457. The molecule has 0 spiro atoms. The number of aromatic nitrogens is 4. The van der Waals surface area contributed by atoms with Crippen LogP contribution in [0.25, 0.3) is 11.2 Å². The van der Waals surface area contributed by atoms with Gasteiger partial charge in [-0.1, -0.05) is 26.8 Å². The van der Waals surface area contributed by atoms with Crippen LogP contribution in [-0.4, -0.2) is 30.5 Å². The average molecular weight is 441 g/mol. The molecule has 0 atom stereocenters. The molecule has 32 heavy (non-hydrogen) atoms. The van der Waals surface area contributed by atoms with Gasteiger partial charge in [0.15, 0.2) is 11.2 Å². The Morgan fingerprint density at radius 1 is 1.03 bits per heavy atom. The van der Waals surface area contributed by atoms with E-state index < -0.39 is 16.7 Å². The lowest BCUT2D eigenvalue weighted by Crippen LogP contribution is -2.37. The van der Waals surface area contributed by atoms with Gasteiger partial charge in [-0.3, -0.25) is 23.5 Å². The number of carbonyl (C=O) groups is 2. The molecular formula is C22H28N6O4. The lowest BCUT2D eigenvalue weighted by atomic mass is 9.95. The van der Waals surface area contributed by atoms with Crippen LogP contribution in [0.5, 0.6) is 0 Å². The molecule has 3 rings (SSSR count). The van der Waals surface area contributed by atoms with Gasteiger partial charge in [0, 0.05) is 43.9 Å². The number of rotatable bonds is 6. The van der Waals surface area contributed by atoms with Gasteiger partial charge >= 0.3 is 5.69 Å². The minimum Gasteiger partial charge on any atom is -0.326 e. The van der Waals surface area contributed by atoms with Crippen molar-refractivity contribution in [1.29, 1.82) is 0 Å². The number of nitrogens with one attached hydrogen (secondary N) is 2. The summed E-state index contributed by atoms with van der Waals surface area (Å²) in [5, 5.41) is 5.66. The topological polar surface area (TPSA) is 120 Å². The number of hydrogen-bond acceptors (Lipinski definition) is 5. The number of carbonyl (C=O) groups excluding carboxylic acids is 2. The van der Waals surface area contributed by atoms with Gasteiger partial charge in [-0.25, -0.2) is 9.78 Å². The smallest absolute Gasteiger partial charge is 0.326 e. The van der Waals surface area contributed by atoms with E-state index in [2.05, 4.69) is 15.6 Å². The summed E-state index contributed by atoms with van der Waals surface area (Å²) in [5.74, 6) is -0.300. The Kier molecular flexibility index (Phi) is 6.33. The van der Waals surface area contributed by atoms with Crippen molar-refractivity contribution in [2.24, 2.45) is 19.5 Å². The maximum absolute atomic E-state index is 12.5. The number of aryl methyl sites for hydroxylation is 2. The molecule has 0 radical (unpaired) electrons. The number of benzene rings is 1. The minimum atomic E-state index is -0.524. The van der Waals surface area contributed by atoms with Gasteiger partial charge in [-0.15, -0.1) is 0 Å². The van der Waals surface area contributed by atoms with Gasteiger partial charge in [-0.05, 0) is 24.6 Å². The van der Waals surface area contributed by atoms with Crippen LogP contribution in [0.2, 0.25) is 0 Å². The maximum atomic E-state index is 12.5. The fourth-order valence-corrected chi connectivity index (χ4v) is 3.19. The van der Waals surface area contributed by atoms with Gasteiger partial charge in [-0.2, -0.15) is 0 Å². The van der Waals surface area contributed by atoms with Gasteiger partial charge in [0.1, 0.15) is 0 Å². The Hall–Kier alpha value is -3.69. The number of fused-ring (bicyclic) bond motifs is 1. The van der Waals surface area contributed by atoms with Crippen molar-refractivity contribution in [2.45, 2.75) is 40.2 Å². The van der Waals surface area contributed by atoms with Crippen LogP contribution in [0.1, 0.15) is 33.6 Å². The Morgan fingerprint density at radius 3 is 2.34 bits per heavy atom. The normalized spacial score (nSPS) is 11.5. The SMILES string of the molecule is Cn1c(=O)c2c(ncn2CCCC(=O)Nc2cccc(NC(=O)C(C)(C)C)c2)n(C)c1=O. The maximum Gasteiger partial charge on any atom is 0.332 e. The first-order chi connectivity index (χ1) is 15.0. The number of amides is 2. The van der Waals surface area contributed by atoms with E-state index in [9.17, 15) is 19.2 Å². The molecule has 10 nitrogen and oxygen atoms in total. The molecule has 2 heterocycles. The van der Waals surface area contributed by atoms with Gasteiger partial charge in [0.2, 0.25) is 11.8 Å². The zero-order valence-electron chi connectivity index (χ0n) is 18.9. The second-order valence-electron chi connectivity index (χ2n) is 8.75. The molecule has 0 saturated heterocycles. The highest BCUT2D eigenvalue weighted by molar-refractivity contribution is 5.96. The zero-order chi connectivity index (χ0) is 23.6. The van der Waals surface area contributed by atoms with Gasteiger partial charge in [0.25, 0.3) is 5.56 Å². The average Bonchev–Trinajstić information content (AvgIpc) is 3.14. The Balaban J connectivity index is 1.62. The fourth-order valence-electron chi connectivity index (χ4n) is 3.19. The predicted octanol–water partition coefficient (Wildman–Crippen LogP) is 1.84. The molecular weight excluding hydrogens is 412 g/mol. The van der Waals surface area contributed by atoms with Crippen LogP contribution in [0.3, 0.4) is 0 Å². The molecule has 2 N–H and O–H groups in total. The quantitative estimate of drug-likeness (QED) is 0.606. The summed E-state index contributed by atoms with van der Waals surface area (Å²) in [6, 6.07) is 6.97.